The van der Waals surface area contributed by atoms with Crippen molar-refractivity contribution in [1.29, 1.82) is 0 Å². The van der Waals surface area contributed by atoms with Gasteiger partial charge in [0.1, 0.15) is 0 Å². The number of rotatable bonds is 2. The fraction of sp³-hybridized carbons (Fsp3) is 0. The molecule has 14 nitrogen and oxygen atoms in total. The molecule has 0 unspecified atom stereocenters. The molecule has 0 aliphatic rings. The zero-order valence-corrected chi connectivity index (χ0v) is 15.4. The average Bonchev–Trinajstić information content (AvgIpc) is 1.67. The van der Waals surface area contributed by atoms with Gasteiger partial charge in [-0.05, 0) is 0 Å². The fourth-order valence-electron chi connectivity index (χ4n) is 0.109. The molecule has 0 heterocycles. The third-order valence-corrected chi connectivity index (χ3v) is 2.92. The van der Waals surface area contributed by atoms with Gasteiger partial charge in [0.25, 0.3) is 0 Å². The molecule has 0 fully saturated rings. The molecule has 20 heavy (non-hydrogen) atoms. The monoisotopic (exact) mass is 464 g/mol. The first kappa shape index (κ1) is 33.2. The zero-order valence-electron chi connectivity index (χ0n) is 9.09. The van der Waals surface area contributed by atoms with Crippen LogP contribution in [0.4, 0.5) is 0 Å². The molecule has 0 spiro atoms. The number of hydrogen-bond donors (Lipinski definition) is 7. The van der Waals surface area contributed by atoms with Crippen molar-refractivity contribution in [1.82, 2.24) is 0 Å². The van der Waals surface area contributed by atoms with Gasteiger partial charge in [-0.25, -0.2) is 0 Å². The Morgan fingerprint density at radius 3 is 0.950 bits per heavy atom. The molecule has 124 valence electrons. The molecule has 0 rings (SSSR count). The summed E-state index contributed by atoms with van der Waals surface area (Å²) in [6, 6.07) is 0. The van der Waals surface area contributed by atoms with Gasteiger partial charge in [0, 0.05) is 46.6 Å². The first-order chi connectivity index (χ1) is 7.44. The molecule has 0 saturated heterocycles. The molecule has 20 heteroatoms. The van der Waals surface area contributed by atoms with E-state index in [9.17, 15) is 15.2 Å². The van der Waals surface area contributed by atoms with Gasteiger partial charge in [0.05, 0.1) is 0 Å². The van der Waals surface area contributed by atoms with Crippen LogP contribution in [0.1, 0.15) is 0 Å². The van der Waals surface area contributed by atoms with Crippen LogP contribution in [-0.4, -0.2) is 77.8 Å². The normalized spacial score (nSPS) is 10.3. The van der Waals surface area contributed by atoms with Crippen molar-refractivity contribution in [3.05, 3.63) is 0 Å². The van der Waals surface area contributed by atoms with Crippen LogP contribution in [0.5, 0.6) is 0 Å². The van der Waals surface area contributed by atoms with E-state index in [1.807, 2.05) is 0 Å². The van der Waals surface area contributed by atoms with Crippen molar-refractivity contribution in [3.63, 3.8) is 0 Å². The van der Waals surface area contributed by atoms with Gasteiger partial charge in [0.15, 0.2) is 0 Å². The molecule has 0 aliphatic heterocycles. The number of hydrogen-bond acceptors (Lipinski definition) is 10. The maximum absolute atomic E-state index is 9.53. The fourth-order valence-corrected chi connectivity index (χ4v) is 1.85. The predicted octanol–water partition coefficient (Wildman–Crippen LogP) is -4.75. The Morgan fingerprint density at radius 2 is 0.950 bits per heavy atom. The Labute approximate surface area is 149 Å². The van der Waals surface area contributed by atoms with Crippen LogP contribution in [0.15, 0.2) is 0 Å². The SMILES string of the molecule is O=S(=O)(O)O.OB(O)O.[Cu].[Na].[O]=[Cr](=[O])([OH])[O][Cr](=[O])(=[O])[OH]. The van der Waals surface area contributed by atoms with Gasteiger partial charge in [-0.1, -0.05) is 0 Å². The minimum absolute atomic E-state index is 0. The molecule has 2 radical (unpaired) electrons. The van der Waals surface area contributed by atoms with Crippen LogP contribution >= 0.6 is 0 Å². The van der Waals surface area contributed by atoms with Crippen LogP contribution in [0.2, 0.25) is 0 Å². The van der Waals surface area contributed by atoms with Crippen molar-refractivity contribution in [2.45, 2.75) is 0 Å². The summed E-state index contributed by atoms with van der Waals surface area (Å²) >= 11 is -11.5. The molecular weight excluding hydrogens is 457 g/mol. The Balaban J connectivity index is -0.0000000591. The van der Waals surface area contributed by atoms with Gasteiger partial charge >= 0.3 is 71.3 Å². The average molecular weight is 464 g/mol. The molecule has 0 amide bonds. The zero-order chi connectivity index (χ0) is 15.8. The quantitative estimate of drug-likeness (QED) is 0.150. The molecule has 7 N–H and O–H groups in total. The summed E-state index contributed by atoms with van der Waals surface area (Å²) in [5.41, 5.74) is 0. The summed E-state index contributed by atoms with van der Waals surface area (Å²) in [7, 11) is -6.83. The summed E-state index contributed by atoms with van der Waals surface area (Å²) in [5, 5.41) is 21.5. The Bertz CT molecular complexity index is 461. The Kier molecular flexibility index (Phi) is 23.4. The van der Waals surface area contributed by atoms with Crippen molar-refractivity contribution >= 4 is 47.3 Å². The second-order valence-electron chi connectivity index (χ2n) is 1.72. The third-order valence-electron chi connectivity index (χ3n) is 0.172. The molecule has 0 aromatic heterocycles. The van der Waals surface area contributed by atoms with Crippen molar-refractivity contribution in [2.75, 3.05) is 0 Å². The molecule has 0 aromatic carbocycles. The summed E-state index contributed by atoms with van der Waals surface area (Å²) < 4.78 is 87.8. The van der Waals surface area contributed by atoms with Gasteiger partial charge in [-0.2, -0.15) is 8.42 Å². The molecule has 0 aliphatic carbocycles. The van der Waals surface area contributed by atoms with E-state index in [-0.39, 0.29) is 46.6 Å². The van der Waals surface area contributed by atoms with Gasteiger partial charge in [0.2, 0.25) is 0 Å². The van der Waals surface area contributed by atoms with E-state index in [4.69, 9.17) is 40.9 Å². The minimum atomic E-state index is -5.76. The van der Waals surface area contributed by atoms with E-state index in [0.717, 1.165) is 0 Å². The van der Waals surface area contributed by atoms with Crippen LogP contribution < -0.4 is 0 Å². The second-order valence-corrected chi connectivity index (χ2v) is 6.37. The first-order valence-electron chi connectivity index (χ1n) is 2.84. The summed E-state index contributed by atoms with van der Waals surface area (Å²) in [5.74, 6) is 0. The van der Waals surface area contributed by atoms with Gasteiger partial charge in [-0.15, -0.1) is 0 Å². The van der Waals surface area contributed by atoms with Crippen LogP contribution in [0, 0.1) is 0 Å². The Morgan fingerprint density at radius 1 is 0.850 bits per heavy atom. The van der Waals surface area contributed by atoms with Gasteiger partial charge < -0.3 is 15.1 Å². The van der Waals surface area contributed by atoms with E-state index in [2.05, 4.69) is 2.84 Å². The third kappa shape index (κ3) is 119. The van der Waals surface area contributed by atoms with E-state index in [0.29, 0.717) is 0 Å². The standard InChI is InChI=1S/BH3O3.2Cr.Cu.Na.H2O4S.2H2O.5O/c2-1(3)4;;;;;1-5(2,3)4;;;;;;;/h2-4H;;;;;(H2,1,2,3,4);2*1H2;;;;;/q;2*+1;;;;;;;;;;/p-2. The second kappa shape index (κ2) is 14.1. The summed E-state index contributed by atoms with van der Waals surface area (Å²) in [6.07, 6.45) is 0. The molecule has 0 aromatic rings. The van der Waals surface area contributed by atoms with Crippen molar-refractivity contribution < 1.29 is 103 Å². The Hall–Kier alpha value is 1.48. The van der Waals surface area contributed by atoms with E-state index in [1.165, 1.54) is 0 Å². The molecular formula is H7BCr2CuNaO14S. The van der Waals surface area contributed by atoms with Crippen LogP contribution in [0.25, 0.3) is 0 Å². The summed E-state index contributed by atoms with van der Waals surface area (Å²) in [4.78, 5) is 0. The van der Waals surface area contributed by atoms with Crippen LogP contribution in [0.3, 0.4) is 0 Å². The van der Waals surface area contributed by atoms with Crippen LogP contribution in [-0.2, 0) is 72.7 Å². The first-order valence-corrected chi connectivity index (χ1v) is 8.50. The van der Waals surface area contributed by atoms with E-state index >= 15 is 0 Å². The van der Waals surface area contributed by atoms with Gasteiger partial charge in [-0.3, -0.25) is 9.11 Å². The predicted molar refractivity (Wildman–Crippen MR) is 40.6 cm³/mol. The molecule has 0 saturated carbocycles. The van der Waals surface area contributed by atoms with E-state index < -0.39 is 44.9 Å². The topological polar surface area (TPSA) is 253 Å². The van der Waals surface area contributed by atoms with Crippen molar-refractivity contribution in [2.24, 2.45) is 0 Å². The summed E-state index contributed by atoms with van der Waals surface area (Å²) in [6.45, 7) is 0. The van der Waals surface area contributed by atoms with Crippen molar-refractivity contribution in [3.8, 4) is 0 Å². The maximum atomic E-state index is 9.53. The van der Waals surface area contributed by atoms with E-state index in [1.54, 1.807) is 0 Å². The molecule has 0 bridgehead atoms. The molecule has 0 atom stereocenters.